The van der Waals surface area contributed by atoms with Crippen molar-refractivity contribution < 1.29 is 0 Å². The first-order chi connectivity index (χ1) is 9.69. The molecule has 4 nitrogen and oxygen atoms in total. The van der Waals surface area contributed by atoms with Crippen LogP contribution in [0.1, 0.15) is 11.1 Å². The zero-order valence-corrected chi connectivity index (χ0v) is 10.8. The first-order valence-corrected chi connectivity index (χ1v) is 6.19. The Hall–Kier alpha value is -2.93. The van der Waals surface area contributed by atoms with Crippen molar-refractivity contribution in [1.82, 2.24) is 9.97 Å². The van der Waals surface area contributed by atoms with E-state index >= 15 is 0 Å². The van der Waals surface area contributed by atoms with E-state index in [4.69, 9.17) is 5.26 Å². The van der Waals surface area contributed by atoms with Gasteiger partial charge in [-0.3, -0.25) is 4.79 Å². The fourth-order valence-corrected chi connectivity index (χ4v) is 2.16. The first kappa shape index (κ1) is 12.1. The Bertz CT molecular complexity index is 903. The second-order valence-corrected chi connectivity index (χ2v) is 4.57. The minimum Gasteiger partial charge on any atom is -0.306 e. The molecule has 0 radical (unpaired) electrons. The number of hydrogen-bond donors (Lipinski definition) is 1. The maximum absolute atomic E-state index is 12.0. The lowest BCUT2D eigenvalue weighted by Gasteiger charge is -2.05. The van der Waals surface area contributed by atoms with Gasteiger partial charge >= 0.3 is 0 Å². The lowest BCUT2D eigenvalue weighted by Crippen LogP contribution is -2.09. The molecule has 0 saturated carbocycles. The van der Waals surface area contributed by atoms with Gasteiger partial charge in [0.15, 0.2) is 0 Å². The van der Waals surface area contributed by atoms with E-state index < -0.39 is 0 Å². The number of aromatic nitrogens is 2. The molecule has 1 N–H and O–H groups in total. The van der Waals surface area contributed by atoms with Crippen LogP contribution in [0.5, 0.6) is 0 Å². The van der Waals surface area contributed by atoms with E-state index in [1.54, 1.807) is 18.2 Å². The summed E-state index contributed by atoms with van der Waals surface area (Å²) in [7, 11) is 0. The number of aryl methyl sites for hydroxylation is 1. The van der Waals surface area contributed by atoms with Gasteiger partial charge in [0, 0.05) is 5.56 Å². The molecular weight excluding hydrogens is 250 g/mol. The zero-order chi connectivity index (χ0) is 14.1. The Morgan fingerprint density at radius 2 is 2.00 bits per heavy atom. The van der Waals surface area contributed by atoms with Crippen molar-refractivity contribution in [3.63, 3.8) is 0 Å². The van der Waals surface area contributed by atoms with E-state index in [-0.39, 0.29) is 5.56 Å². The molecule has 0 aliphatic heterocycles. The number of rotatable bonds is 1. The van der Waals surface area contributed by atoms with Crippen LogP contribution in [0.3, 0.4) is 0 Å². The normalized spacial score (nSPS) is 10.4. The van der Waals surface area contributed by atoms with E-state index in [2.05, 4.69) is 16.0 Å². The molecule has 1 aromatic heterocycles. The number of benzene rings is 2. The highest BCUT2D eigenvalue weighted by atomic mass is 16.1. The number of fused-ring (bicyclic) bond motifs is 1. The van der Waals surface area contributed by atoms with Crippen molar-refractivity contribution in [3.05, 3.63) is 63.9 Å². The maximum Gasteiger partial charge on any atom is 0.259 e. The van der Waals surface area contributed by atoms with Crippen LogP contribution in [0.25, 0.3) is 22.3 Å². The molecule has 0 bridgehead atoms. The molecule has 4 heteroatoms. The quantitative estimate of drug-likeness (QED) is 0.732. The molecule has 0 aliphatic carbocycles. The van der Waals surface area contributed by atoms with E-state index in [1.165, 1.54) is 0 Å². The van der Waals surface area contributed by atoms with Gasteiger partial charge in [0.2, 0.25) is 0 Å². The number of H-pyrrole nitrogens is 1. The lowest BCUT2D eigenvalue weighted by molar-refractivity contribution is 1.18. The van der Waals surface area contributed by atoms with E-state index in [0.29, 0.717) is 22.3 Å². The van der Waals surface area contributed by atoms with Crippen LogP contribution in [0, 0.1) is 18.3 Å². The predicted molar refractivity (Wildman–Crippen MR) is 77.3 cm³/mol. The number of nitrogens with zero attached hydrogens (tertiary/aromatic N) is 2. The Balaban J connectivity index is 2.23. The third-order valence-electron chi connectivity index (χ3n) is 3.23. The van der Waals surface area contributed by atoms with Gasteiger partial charge in [-0.1, -0.05) is 12.1 Å². The molecule has 0 saturated heterocycles. The molecule has 2 aromatic carbocycles. The second kappa shape index (κ2) is 4.63. The van der Waals surface area contributed by atoms with Gasteiger partial charge in [-0.25, -0.2) is 4.98 Å². The van der Waals surface area contributed by atoms with Crippen molar-refractivity contribution in [2.24, 2.45) is 0 Å². The number of para-hydroxylation sites is 1. The third kappa shape index (κ3) is 1.95. The highest BCUT2D eigenvalue weighted by molar-refractivity contribution is 5.79. The Labute approximate surface area is 115 Å². The Morgan fingerprint density at radius 1 is 1.20 bits per heavy atom. The fourth-order valence-electron chi connectivity index (χ4n) is 2.16. The number of hydrogen-bond acceptors (Lipinski definition) is 3. The van der Waals surface area contributed by atoms with Gasteiger partial charge in [-0.15, -0.1) is 0 Å². The van der Waals surface area contributed by atoms with Gasteiger partial charge in [0.05, 0.1) is 22.5 Å². The summed E-state index contributed by atoms with van der Waals surface area (Å²) >= 11 is 0. The van der Waals surface area contributed by atoms with E-state index in [0.717, 1.165) is 11.1 Å². The number of aromatic amines is 1. The lowest BCUT2D eigenvalue weighted by atomic mass is 10.1. The summed E-state index contributed by atoms with van der Waals surface area (Å²) in [4.78, 5) is 19.3. The molecule has 20 heavy (non-hydrogen) atoms. The van der Waals surface area contributed by atoms with Gasteiger partial charge in [-0.05, 0) is 42.8 Å². The standard InChI is InChI=1S/C16H11N3O/c1-10-8-11(6-7-12(10)9-17)15-18-14-5-3-2-4-13(14)16(20)19-15/h2-8H,1H3,(H,18,19,20). The monoisotopic (exact) mass is 261 g/mol. The highest BCUT2D eigenvalue weighted by Gasteiger charge is 2.07. The molecule has 0 aliphatic rings. The third-order valence-corrected chi connectivity index (χ3v) is 3.23. The highest BCUT2D eigenvalue weighted by Crippen LogP contribution is 2.19. The van der Waals surface area contributed by atoms with Gasteiger partial charge in [0.25, 0.3) is 5.56 Å². The van der Waals surface area contributed by atoms with Crippen LogP contribution >= 0.6 is 0 Å². The molecular formula is C16H11N3O. The topological polar surface area (TPSA) is 69.5 Å². The Morgan fingerprint density at radius 3 is 2.75 bits per heavy atom. The summed E-state index contributed by atoms with van der Waals surface area (Å²) in [6, 6.07) is 14.7. The second-order valence-electron chi connectivity index (χ2n) is 4.57. The number of nitrogens with one attached hydrogen (secondary N) is 1. The molecule has 3 aromatic rings. The molecule has 96 valence electrons. The maximum atomic E-state index is 12.0. The molecule has 0 unspecified atom stereocenters. The molecule has 0 fully saturated rings. The van der Waals surface area contributed by atoms with Crippen LogP contribution in [0.2, 0.25) is 0 Å². The predicted octanol–water partition coefficient (Wildman–Crippen LogP) is 2.77. The van der Waals surface area contributed by atoms with Crippen LogP contribution < -0.4 is 5.56 Å². The summed E-state index contributed by atoms with van der Waals surface area (Å²) in [6.45, 7) is 1.86. The van der Waals surface area contributed by atoms with Crippen molar-refractivity contribution in [1.29, 1.82) is 5.26 Å². The average molecular weight is 261 g/mol. The SMILES string of the molecule is Cc1cc(-c2nc3ccccc3c(=O)[nH]2)ccc1C#N. The van der Waals surface area contributed by atoms with Crippen LogP contribution in [-0.4, -0.2) is 9.97 Å². The molecule has 1 heterocycles. The largest absolute Gasteiger partial charge is 0.306 e. The summed E-state index contributed by atoms with van der Waals surface area (Å²) < 4.78 is 0. The summed E-state index contributed by atoms with van der Waals surface area (Å²) in [5, 5.41) is 9.51. The zero-order valence-electron chi connectivity index (χ0n) is 10.8. The minimum absolute atomic E-state index is 0.160. The smallest absolute Gasteiger partial charge is 0.259 e. The summed E-state index contributed by atoms with van der Waals surface area (Å²) in [5.74, 6) is 0.515. The van der Waals surface area contributed by atoms with Crippen molar-refractivity contribution in [2.75, 3.05) is 0 Å². The number of nitriles is 1. The molecule has 0 atom stereocenters. The van der Waals surface area contributed by atoms with Crippen LogP contribution in [0.15, 0.2) is 47.3 Å². The van der Waals surface area contributed by atoms with Gasteiger partial charge < -0.3 is 4.98 Å². The van der Waals surface area contributed by atoms with E-state index in [1.807, 2.05) is 31.2 Å². The first-order valence-electron chi connectivity index (χ1n) is 6.19. The molecule has 0 spiro atoms. The van der Waals surface area contributed by atoms with Crippen molar-refractivity contribution >= 4 is 10.9 Å². The van der Waals surface area contributed by atoms with Crippen molar-refractivity contribution in [2.45, 2.75) is 6.92 Å². The molecule has 0 amide bonds. The van der Waals surface area contributed by atoms with Crippen LogP contribution in [-0.2, 0) is 0 Å². The van der Waals surface area contributed by atoms with E-state index in [9.17, 15) is 4.79 Å². The van der Waals surface area contributed by atoms with Gasteiger partial charge in [0.1, 0.15) is 5.82 Å². The Kier molecular flexibility index (Phi) is 2.81. The summed E-state index contributed by atoms with van der Waals surface area (Å²) in [6.07, 6.45) is 0. The van der Waals surface area contributed by atoms with Crippen molar-refractivity contribution in [3.8, 4) is 17.5 Å². The minimum atomic E-state index is -0.160. The average Bonchev–Trinajstić information content (AvgIpc) is 2.47. The van der Waals surface area contributed by atoms with Gasteiger partial charge in [-0.2, -0.15) is 5.26 Å². The van der Waals surface area contributed by atoms with Crippen LogP contribution in [0.4, 0.5) is 0 Å². The summed E-state index contributed by atoms with van der Waals surface area (Å²) in [5.41, 5.74) is 2.78. The molecule has 3 rings (SSSR count). The fraction of sp³-hybridized carbons (Fsp3) is 0.0625.